The number of allylic oxidation sites excluding steroid dienone is 1. The van der Waals surface area contributed by atoms with Gasteiger partial charge in [0, 0.05) is 30.5 Å². The minimum atomic E-state index is -5.08. The molecule has 1 saturated heterocycles. The fourth-order valence-corrected chi connectivity index (χ4v) is 3.46. The van der Waals surface area contributed by atoms with Gasteiger partial charge in [-0.05, 0) is 25.5 Å². The number of esters is 1. The number of hydrogen-bond donors (Lipinski definition) is 2. The summed E-state index contributed by atoms with van der Waals surface area (Å²) in [6, 6.07) is 0. The molecular formula is C18H24F3N3O5S. The molecule has 1 aromatic heterocycles. The van der Waals surface area contributed by atoms with Crippen LogP contribution in [0.3, 0.4) is 0 Å². The lowest BCUT2D eigenvalue weighted by Crippen LogP contribution is -2.32. The number of aromatic nitrogens is 2. The molecule has 0 aromatic carbocycles. The molecule has 168 valence electrons. The van der Waals surface area contributed by atoms with Crippen LogP contribution in [0.25, 0.3) is 0 Å². The Bertz CT molecular complexity index is 764. The molecule has 1 aliphatic rings. The standard InChI is InChI=1S/C16H23N3O3S.C2HF3O2/c1-3-22-16(21)8-13-9-18-19(11-13)7-5-14-10-17-6-4-15(14)23-12(2)20;3-2(4,5)1(6)7/h5,9,11,15,17H,3-4,6-8,10H2,1-2H3;(H,6,7)/b14-5+;. The Morgan fingerprint density at radius 3 is 2.67 bits per heavy atom. The van der Waals surface area contributed by atoms with Gasteiger partial charge in [0.15, 0.2) is 5.12 Å². The smallest absolute Gasteiger partial charge is 0.475 e. The molecule has 1 atom stereocenters. The number of hydrogen-bond acceptors (Lipinski definition) is 7. The van der Waals surface area contributed by atoms with Crippen molar-refractivity contribution in [3.05, 3.63) is 29.6 Å². The van der Waals surface area contributed by atoms with E-state index in [2.05, 4.69) is 16.5 Å². The van der Waals surface area contributed by atoms with Crippen molar-refractivity contribution in [1.29, 1.82) is 0 Å². The highest BCUT2D eigenvalue weighted by molar-refractivity contribution is 8.14. The van der Waals surface area contributed by atoms with Gasteiger partial charge in [0.25, 0.3) is 0 Å². The van der Waals surface area contributed by atoms with Crippen molar-refractivity contribution in [2.45, 2.75) is 44.7 Å². The van der Waals surface area contributed by atoms with Gasteiger partial charge in [0.1, 0.15) is 0 Å². The summed E-state index contributed by atoms with van der Waals surface area (Å²) >= 11 is 1.40. The average Bonchev–Trinajstić information content (AvgIpc) is 3.07. The molecule has 1 aromatic rings. The zero-order chi connectivity index (χ0) is 22.7. The van der Waals surface area contributed by atoms with Gasteiger partial charge in [-0.1, -0.05) is 17.8 Å². The number of alkyl halides is 3. The largest absolute Gasteiger partial charge is 0.490 e. The molecule has 0 amide bonds. The molecule has 30 heavy (non-hydrogen) atoms. The van der Waals surface area contributed by atoms with Crippen LogP contribution in [0.4, 0.5) is 13.2 Å². The van der Waals surface area contributed by atoms with Gasteiger partial charge in [-0.2, -0.15) is 18.3 Å². The van der Waals surface area contributed by atoms with Crippen molar-refractivity contribution in [3.8, 4) is 0 Å². The number of piperidine rings is 1. The Balaban J connectivity index is 0.000000553. The number of carbonyl (C=O) groups excluding carboxylic acids is 2. The summed E-state index contributed by atoms with van der Waals surface area (Å²) in [6.45, 7) is 6.17. The fraction of sp³-hybridized carbons (Fsp3) is 0.556. The Hall–Kier alpha value is -2.34. The first-order valence-electron chi connectivity index (χ1n) is 9.06. The Morgan fingerprint density at radius 2 is 2.10 bits per heavy atom. The molecule has 8 nitrogen and oxygen atoms in total. The van der Waals surface area contributed by atoms with Crippen molar-refractivity contribution in [2.24, 2.45) is 0 Å². The summed E-state index contributed by atoms with van der Waals surface area (Å²) in [7, 11) is 0. The second kappa shape index (κ2) is 12.4. The lowest BCUT2D eigenvalue weighted by atomic mass is 10.1. The van der Waals surface area contributed by atoms with Gasteiger partial charge in [0.05, 0.1) is 25.8 Å². The van der Waals surface area contributed by atoms with Gasteiger partial charge < -0.3 is 15.2 Å². The summed E-state index contributed by atoms with van der Waals surface area (Å²) in [5.41, 5.74) is 2.08. The van der Waals surface area contributed by atoms with Gasteiger partial charge in [-0.15, -0.1) is 0 Å². The van der Waals surface area contributed by atoms with Crippen molar-refractivity contribution < 1.29 is 37.4 Å². The van der Waals surface area contributed by atoms with E-state index in [1.165, 1.54) is 17.3 Å². The molecule has 1 unspecified atom stereocenters. The lowest BCUT2D eigenvalue weighted by molar-refractivity contribution is -0.192. The Labute approximate surface area is 175 Å². The van der Waals surface area contributed by atoms with E-state index in [1.54, 1.807) is 24.7 Å². The first-order valence-corrected chi connectivity index (χ1v) is 9.94. The lowest BCUT2D eigenvalue weighted by Gasteiger charge is -2.25. The van der Waals surface area contributed by atoms with Gasteiger partial charge in [-0.3, -0.25) is 14.3 Å². The third kappa shape index (κ3) is 9.92. The van der Waals surface area contributed by atoms with E-state index in [4.69, 9.17) is 14.6 Å². The van der Waals surface area contributed by atoms with E-state index >= 15 is 0 Å². The van der Waals surface area contributed by atoms with Crippen LogP contribution < -0.4 is 5.32 Å². The summed E-state index contributed by atoms with van der Waals surface area (Å²) < 4.78 is 38.5. The van der Waals surface area contributed by atoms with Gasteiger partial charge in [0.2, 0.25) is 0 Å². The number of carboxylic acids is 1. The quantitative estimate of drug-likeness (QED) is 0.500. The van der Waals surface area contributed by atoms with Crippen molar-refractivity contribution >= 4 is 28.8 Å². The maximum Gasteiger partial charge on any atom is 0.490 e. The molecule has 0 spiro atoms. The van der Waals surface area contributed by atoms with E-state index in [9.17, 15) is 22.8 Å². The number of ether oxygens (including phenoxy) is 1. The molecule has 2 N–H and O–H groups in total. The zero-order valence-corrected chi connectivity index (χ0v) is 17.4. The van der Waals surface area contributed by atoms with E-state index in [0.717, 1.165) is 25.1 Å². The molecule has 2 rings (SSSR count). The van der Waals surface area contributed by atoms with Crippen molar-refractivity contribution in [2.75, 3.05) is 19.7 Å². The molecule has 0 radical (unpaired) electrons. The number of thioether (sulfide) groups is 1. The fourth-order valence-electron chi connectivity index (χ4n) is 2.49. The number of carboxylic acid groups (broad SMARTS) is 1. The number of nitrogens with zero attached hydrogens (tertiary/aromatic N) is 2. The average molecular weight is 451 g/mol. The van der Waals surface area contributed by atoms with Crippen molar-refractivity contribution in [3.63, 3.8) is 0 Å². The minimum absolute atomic E-state index is 0.151. The summed E-state index contributed by atoms with van der Waals surface area (Å²) in [5, 5.41) is 15.1. The second-order valence-corrected chi connectivity index (χ2v) is 7.58. The summed E-state index contributed by atoms with van der Waals surface area (Å²) in [4.78, 5) is 31.7. The first kappa shape index (κ1) is 25.7. The molecule has 12 heteroatoms. The van der Waals surface area contributed by atoms with E-state index in [0.29, 0.717) is 13.2 Å². The Morgan fingerprint density at radius 1 is 1.43 bits per heavy atom. The van der Waals surface area contributed by atoms with Crippen LogP contribution in [0.2, 0.25) is 0 Å². The van der Waals surface area contributed by atoms with Crippen molar-refractivity contribution in [1.82, 2.24) is 15.1 Å². The molecule has 0 bridgehead atoms. The van der Waals surface area contributed by atoms with E-state index in [1.807, 2.05) is 6.20 Å². The highest BCUT2D eigenvalue weighted by Gasteiger charge is 2.38. The van der Waals surface area contributed by atoms with Crippen LogP contribution in [-0.4, -0.2) is 63.1 Å². The van der Waals surface area contributed by atoms with Crippen LogP contribution in [0.15, 0.2) is 24.0 Å². The van der Waals surface area contributed by atoms with Crippen LogP contribution in [0.5, 0.6) is 0 Å². The predicted octanol–water partition coefficient (Wildman–Crippen LogP) is 2.19. The van der Waals surface area contributed by atoms with E-state index in [-0.39, 0.29) is 22.8 Å². The van der Waals surface area contributed by atoms with Crippen LogP contribution >= 0.6 is 11.8 Å². The number of carbonyl (C=O) groups is 3. The molecule has 1 aliphatic heterocycles. The summed E-state index contributed by atoms with van der Waals surface area (Å²) in [5.74, 6) is -2.99. The normalized spacial score (nSPS) is 17.8. The highest BCUT2D eigenvalue weighted by atomic mass is 32.2. The highest BCUT2D eigenvalue weighted by Crippen LogP contribution is 2.25. The maximum absolute atomic E-state index is 11.5. The number of aliphatic carboxylic acids is 1. The molecule has 0 aliphatic carbocycles. The SMILES string of the molecule is CCOC(=O)Cc1cnn(C/C=C2\CNCCC2SC(C)=O)c1.O=C(O)C(F)(F)F. The van der Waals surface area contributed by atoms with Gasteiger partial charge in [-0.25, -0.2) is 4.79 Å². The number of nitrogens with one attached hydrogen (secondary N) is 1. The monoisotopic (exact) mass is 451 g/mol. The van der Waals surface area contributed by atoms with Crippen LogP contribution in [0, 0.1) is 0 Å². The third-order valence-electron chi connectivity index (χ3n) is 3.76. The second-order valence-electron chi connectivity index (χ2n) is 6.20. The molecular weight excluding hydrogens is 427 g/mol. The number of halogens is 3. The molecule has 2 heterocycles. The molecule has 1 fully saturated rings. The first-order chi connectivity index (χ1) is 14.0. The topological polar surface area (TPSA) is 111 Å². The van der Waals surface area contributed by atoms with Crippen LogP contribution in [-0.2, 0) is 32.1 Å². The number of rotatable bonds is 6. The van der Waals surface area contributed by atoms with Gasteiger partial charge >= 0.3 is 18.1 Å². The zero-order valence-electron chi connectivity index (χ0n) is 16.6. The predicted molar refractivity (Wildman–Crippen MR) is 104 cm³/mol. The van der Waals surface area contributed by atoms with E-state index < -0.39 is 12.1 Å². The molecule has 0 saturated carbocycles. The Kier molecular flexibility index (Phi) is 10.6. The third-order valence-corrected chi connectivity index (χ3v) is 4.91. The maximum atomic E-state index is 11.5. The minimum Gasteiger partial charge on any atom is -0.475 e. The summed E-state index contributed by atoms with van der Waals surface area (Å²) in [6.07, 6.45) is 1.79. The van der Waals surface area contributed by atoms with Crippen LogP contribution in [0.1, 0.15) is 25.8 Å².